The molecule has 0 saturated heterocycles. The lowest BCUT2D eigenvalue weighted by Gasteiger charge is -2.12. The van der Waals surface area contributed by atoms with E-state index in [9.17, 15) is 4.79 Å². The van der Waals surface area contributed by atoms with Crippen molar-refractivity contribution in [2.24, 2.45) is 4.99 Å². The summed E-state index contributed by atoms with van der Waals surface area (Å²) in [7, 11) is 3.26. The van der Waals surface area contributed by atoms with Crippen molar-refractivity contribution in [1.82, 2.24) is 16.0 Å². The normalized spacial score (nSPS) is 10.7. The molecule has 0 atom stereocenters. The van der Waals surface area contributed by atoms with Gasteiger partial charge >= 0.3 is 0 Å². The molecular weight excluding hydrogens is 431 g/mol. The average molecular weight is 455 g/mol. The summed E-state index contributed by atoms with van der Waals surface area (Å²) >= 11 is 5.84. The number of nitrogens with zero attached hydrogens (tertiary/aromatic N) is 1. The summed E-state index contributed by atoms with van der Waals surface area (Å²) in [4.78, 5) is 15.6. The predicted octanol–water partition coefficient (Wildman–Crippen LogP) is 1.43. The molecule has 0 radical (unpaired) electrons. The van der Waals surface area contributed by atoms with Gasteiger partial charge in [-0.05, 0) is 24.1 Å². The van der Waals surface area contributed by atoms with Crippen LogP contribution in [-0.2, 0) is 16.0 Å². The minimum Gasteiger partial charge on any atom is -0.383 e. The Labute approximate surface area is 159 Å². The topological polar surface area (TPSA) is 74.8 Å². The number of rotatable bonds is 8. The van der Waals surface area contributed by atoms with E-state index in [0.717, 1.165) is 11.4 Å². The van der Waals surface area contributed by atoms with E-state index >= 15 is 0 Å². The Balaban J connectivity index is 0.00000484. The van der Waals surface area contributed by atoms with Crippen LogP contribution >= 0.6 is 35.6 Å². The molecule has 3 N–H and O–H groups in total. The predicted molar refractivity (Wildman–Crippen MR) is 105 cm³/mol. The van der Waals surface area contributed by atoms with Crippen LogP contribution in [0.15, 0.2) is 29.3 Å². The molecule has 23 heavy (non-hydrogen) atoms. The maximum atomic E-state index is 11.5. The van der Waals surface area contributed by atoms with Crippen LogP contribution < -0.4 is 16.0 Å². The number of carbonyl (C=O) groups excluding carboxylic acids is 1. The Morgan fingerprint density at radius 2 is 1.87 bits per heavy atom. The molecule has 0 saturated carbocycles. The second kappa shape index (κ2) is 13.4. The number of nitrogens with one attached hydrogen (secondary N) is 3. The van der Waals surface area contributed by atoms with Gasteiger partial charge in [0.1, 0.15) is 0 Å². The van der Waals surface area contributed by atoms with Crippen LogP contribution in [0.5, 0.6) is 0 Å². The summed E-state index contributed by atoms with van der Waals surface area (Å²) in [5.41, 5.74) is 1.18. The molecule has 6 nitrogen and oxygen atoms in total. The van der Waals surface area contributed by atoms with Crippen molar-refractivity contribution < 1.29 is 9.53 Å². The molecule has 1 aromatic carbocycles. The van der Waals surface area contributed by atoms with E-state index in [1.165, 1.54) is 5.56 Å². The lowest BCUT2D eigenvalue weighted by Crippen LogP contribution is -2.44. The summed E-state index contributed by atoms with van der Waals surface area (Å²) in [6, 6.07) is 7.72. The summed E-state index contributed by atoms with van der Waals surface area (Å²) in [5, 5.41) is 9.57. The Bertz CT molecular complexity index is 483. The SMILES string of the molecule is CN=C(NCCc1ccc(Cl)cc1)NCC(=O)NCCOC.I. The molecule has 130 valence electrons. The number of hydrogen-bond donors (Lipinski definition) is 3. The quantitative estimate of drug-likeness (QED) is 0.240. The number of amides is 1. The minimum atomic E-state index is -0.0994. The third kappa shape index (κ3) is 10.4. The first kappa shape index (κ1) is 21.9. The van der Waals surface area contributed by atoms with Crippen molar-refractivity contribution >= 4 is 47.4 Å². The van der Waals surface area contributed by atoms with Gasteiger partial charge in [-0.1, -0.05) is 23.7 Å². The number of aliphatic imine (C=N–C) groups is 1. The third-order valence-corrected chi connectivity index (χ3v) is 3.14. The van der Waals surface area contributed by atoms with E-state index in [0.29, 0.717) is 25.7 Å². The van der Waals surface area contributed by atoms with Crippen molar-refractivity contribution in [3.63, 3.8) is 0 Å². The van der Waals surface area contributed by atoms with E-state index in [1.807, 2.05) is 24.3 Å². The van der Waals surface area contributed by atoms with E-state index in [4.69, 9.17) is 16.3 Å². The van der Waals surface area contributed by atoms with Crippen LogP contribution in [0.2, 0.25) is 5.02 Å². The lowest BCUT2D eigenvalue weighted by atomic mass is 10.1. The maximum absolute atomic E-state index is 11.5. The van der Waals surface area contributed by atoms with Gasteiger partial charge in [-0.3, -0.25) is 9.79 Å². The molecular formula is C15H24ClIN4O2. The van der Waals surface area contributed by atoms with Gasteiger partial charge in [-0.2, -0.15) is 0 Å². The van der Waals surface area contributed by atoms with E-state index in [1.54, 1.807) is 14.2 Å². The molecule has 0 aromatic heterocycles. The summed E-state index contributed by atoms with van der Waals surface area (Å²) in [5.74, 6) is 0.494. The van der Waals surface area contributed by atoms with Crippen molar-refractivity contribution in [3.8, 4) is 0 Å². The highest BCUT2D eigenvalue weighted by molar-refractivity contribution is 14.0. The number of guanidine groups is 1. The second-order valence-electron chi connectivity index (χ2n) is 4.57. The molecule has 0 aliphatic heterocycles. The Morgan fingerprint density at radius 1 is 1.17 bits per heavy atom. The molecule has 1 aromatic rings. The van der Waals surface area contributed by atoms with E-state index in [-0.39, 0.29) is 36.4 Å². The Hall–Kier alpha value is -1.06. The fourth-order valence-electron chi connectivity index (χ4n) is 1.72. The van der Waals surface area contributed by atoms with Crippen molar-refractivity contribution in [2.45, 2.75) is 6.42 Å². The number of benzene rings is 1. The van der Waals surface area contributed by atoms with Gasteiger partial charge in [-0.15, -0.1) is 24.0 Å². The van der Waals surface area contributed by atoms with Gasteiger partial charge in [0.25, 0.3) is 0 Å². The Morgan fingerprint density at radius 3 is 2.48 bits per heavy atom. The van der Waals surface area contributed by atoms with Gasteiger partial charge in [0, 0.05) is 32.3 Å². The summed E-state index contributed by atoms with van der Waals surface area (Å²) in [6.45, 7) is 1.89. The van der Waals surface area contributed by atoms with E-state index in [2.05, 4.69) is 20.9 Å². The van der Waals surface area contributed by atoms with Gasteiger partial charge < -0.3 is 20.7 Å². The van der Waals surface area contributed by atoms with Crippen LogP contribution in [0.3, 0.4) is 0 Å². The molecule has 0 aliphatic carbocycles. The first-order valence-electron chi connectivity index (χ1n) is 7.10. The lowest BCUT2D eigenvalue weighted by molar-refractivity contribution is -0.120. The van der Waals surface area contributed by atoms with Gasteiger partial charge in [0.05, 0.1) is 13.2 Å². The monoisotopic (exact) mass is 454 g/mol. The number of ether oxygens (including phenoxy) is 1. The maximum Gasteiger partial charge on any atom is 0.239 e. The number of methoxy groups -OCH3 is 1. The molecule has 1 amide bonds. The van der Waals surface area contributed by atoms with E-state index < -0.39 is 0 Å². The van der Waals surface area contributed by atoms with Crippen molar-refractivity contribution in [3.05, 3.63) is 34.9 Å². The van der Waals surface area contributed by atoms with Gasteiger partial charge in [0.2, 0.25) is 5.91 Å². The first-order chi connectivity index (χ1) is 10.7. The summed E-state index contributed by atoms with van der Waals surface area (Å²) < 4.78 is 4.86. The zero-order valence-electron chi connectivity index (χ0n) is 13.4. The second-order valence-corrected chi connectivity index (χ2v) is 5.01. The molecule has 8 heteroatoms. The molecule has 0 bridgehead atoms. The Kier molecular flexibility index (Phi) is 12.8. The van der Waals surface area contributed by atoms with Crippen LogP contribution in [0.4, 0.5) is 0 Å². The van der Waals surface area contributed by atoms with Crippen LogP contribution in [0.25, 0.3) is 0 Å². The highest BCUT2D eigenvalue weighted by atomic mass is 127. The molecule has 0 heterocycles. The van der Waals surface area contributed by atoms with Crippen molar-refractivity contribution in [2.75, 3.05) is 40.4 Å². The number of carbonyl (C=O) groups is 1. The van der Waals surface area contributed by atoms with Crippen LogP contribution in [0.1, 0.15) is 5.56 Å². The number of hydrogen-bond acceptors (Lipinski definition) is 3. The number of halogens is 2. The smallest absolute Gasteiger partial charge is 0.239 e. The van der Waals surface area contributed by atoms with Gasteiger partial charge in [0.15, 0.2) is 5.96 Å². The van der Waals surface area contributed by atoms with Crippen LogP contribution in [0, 0.1) is 0 Å². The molecule has 0 unspecified atom stereocenters. The average Bonchev–Trinajstić information content (AvgIpc) is 2.52. The van der Waals surface area contributed by atoms with Crippen LogP contribution in [-0.4, -0.2) is 52.3 Å². The third-order valence-electron chi connectivity index (χ3n) is 2.89. The fourth-order valence-corrected chi connectivity index (χ4v) is 1.84. The fraction of sp³-hybridized carbons (Fsp3) is 0.467. The molecule has 1 rings (SSSR count). The summed E-state index contributed by atoms with van der Waals surface area (Å²) in [6.07, 6.45) is 0.845. The largest absolute Gasteiger partial charge is 0.383 e. The molecule has 0 aliphatic rings. The highest BCUT2D eigenvalue weighted by Gasteiger charge is 2.03. The highest BCUT2D eigenvalue weighted by Crippen LogP contribution is 2.09. The zero-order valence-corrected chi connectivity index (χ0v) is 16.5. The van der Waals surface area contributed by atoms with Crippen molar-refractivity contribution in [1.29, 1.82) is 0 Å². The molecule has 0 spiro atoms. The minimum absolute atomic E-state index is 0. The zero-order chi connectivity index (χ0) is 16.2. The standard InChI is InChI=1S/C15H23ClN4O2.HI/c1-17-15(20-11-14(21)18-9-10-22-2)19-8-7-12-3-5-13(16)6-4-12;/h3-6H,7-11H2,1-2H3,(H,18,21)(H2,17,19,20);1H. The molecule has 0 fully saturated rings. The van der Waals surface area contributed by atoms with Gasteiger partial charge in [-0.25, -0.2) is 0 Å². The first-order valence-corrected chi connectivity index (χ1v) is 7.48.